The molecule has 0 aromatic rings. The number of carbonyl (C=O) groups excluding carboxylic acids is 1. The lowest BCUT2D eigenvalue weighted by Gasteiger charge is -2.35. The summed E-state index contributed by atoms with van der Waals surface area (Å²) in [5, 5.41) is 3.15. The Hall–Kier alpha value is 0.110. The summed E-state index contributed by atoms with van der Waals surface area (Å²) >= 11 is 8.01. The van der Waals surface area contributed by atoms with Gasteiger partial charge in [-0.1, -0.05) is 19.3 Å². The van der Waals surface area contributed by atoms with Gasteiger partial charge in [0.2, 0.25) is 5.91 Å². The zero-order valence-corrected chi connectivity index (χ0v) is 11.9. The van der Waals surface area contributed by atoms with Gasteiger partial charge < -0.3 is 5.32 Å². The Labute approximate surface area is 113 Å². The monoisotopic (exact) mass is 275 g/mol. The summed E-state index contributed by atoms with van der Waals surface area (Å²) in [5.74, 6) is 3.33. The van der Waals surface area contributed by atoms with Crippen molar-refractivity contribution in [3.8, 4) is 0 Å². The number of nitrogens with one attached hydrogen (secondary N) is 1. The van der Waals surface area contributed by atoms with E-state index in [9.17, 15) is 4.79 Å². The zero-order valence-electron chi connectivity index (χ0n) is 10.3. The second kappa shape index (κ2) is 6.33. The van der Waals surface area contributed by atoms with Crippen molar-refractivity contribution in [2.45, 2.75) is 38.5 Å². The topological polar surface area (TPSA) is 29.1 Å². The van der Waals surface area contributed by atoms with Gasteiger partial charge >= 0.3 is 0 Å². The normalized spacial score (nSPS) is 27.9. The summed E-state index contributed by atoms with van der Waals surface area (Å²) < 4.78 is 0. The molecule has 1 unspecified atom stereocenters. The van der Waals surface area contributed by atoms with Gasteiger partial charge in [0.25, 0.3) is 0 Å². The van der Waals surface area contributed by atoms with Gasteiger partial charge in [-0.3, -0.25) is 4.79 Å². The maximum atomic E-state index is 12.0. The highest BCUT2D eigenvalue weighted by Crippen LogP contribution is 2.37. The molecule has 2 rings (SSSR count). The van der Waals surface area contributed by atoms with Crippen LogP contribution in [-0.2, 0) is 4.79 Å². The van der Waals surface area contributed by atoms with Gasteiger partial charge in [0.05, 0.1) is 0 Å². The molecule has 0 radical (unpaired) electrons. The van der Waals surface area contributed by atoms with E-state index in [1.807, 2.05) is 11.8 Å². The Kier molecular flexibility index (Phi) is 5.04. The zero-order chi connectivity index (χ0) is 12.1. The molecule has 0 aromatic carbocycles. The number of thioether (sulfide) groups is 1. The van der Waals surface area contributed by atoms with Crippen LogP contribution < -0.4 is 5.32 Å². The van der Waals surface area contributed by atoms with E-state index in [1.54, 1.807) is 0 Å². The van der Waals surface area contributed by atoms with Crippen LogP contribution in [0.2, 0.25) is 0 Å². The predicted octanol–water partition coefficient (Wildman–Crippen LogP) is 3.05. The Morgan fingerprint density at radius 2 is 2.12 bits per heavy atom. The van der Waals surface area contributed by atoms with Crippen LogP contribution >= 0.6 is 23.4 Å². The van der Waals surface area contributed by atoms with Crippen molar-refractivity contribution in [3.63, 3.8) is 0 Å². The fourth-order valence-corrected chi connectivity index (χ4v) is 4.40. The molecular weight excluding hydrogens is 254 g/mol. The number of halogens is 1. The predicted molar refractivity (Wildman–Crippen MR) is 74.7 cm³/mol. The maximum Gasteiger partial charge on any atom is 0.223 e. The summed E-state index contributed by atoms with van der Waals surface area (Å²) in [7, 11) is 0. The van der Waals surface area contributed by atoms with Crippen LogP contribution in [0.1, 0.15) is 38.5 Å². The van der Waals surface area contributed by atoms with Gasteiger partial charge in [0.1, 0.15) is 0 Å². The Morgan fingerprint density at radius 3 is 2.71 bits per heavy atom. The molecule has 2 nitrogen and oxygen atoms in total. The standard InChI is InChI=1S/C13H22ClNOS/c14-9-13(5-2-1-3-6-13)10-15-12(16)11-4-7-17-8-11/h11H,1-10H2,(H,15,16). The first kappa shape index (κ1) is 13.5. The molecule has 4 heteroatoms. The summed E-state index contributed by atoms with van der Waals surface area (Å²) in [5.41, 5.74) is 0.182. The van der Waals surface area contributed by atoms with Crippen LogP contribution in [0.4, 0.5) is 0 Å². The first-order chi connectivity index (χ1) is 8.26. The van der Waals surface area contributed by atoms with Crippen molar-refractivity contribution in [2.24, 2.45) is 11.3 Å². The molecule has 2 fully saturated rings. The van der Waals surface area contributed by atoms with Crippen molar-refractivity contribution in [3.05, 3.63) is 0 Å². The van der Waals surface area contributed by atoms with Gasteiger partial charge in [-0.25, -0.2) is 0 Å². The van der Waals surface area contributed by atoms with Crippen molar-refractivity contribution < 1.29 is 4.79 Å². The fourth-order valence-electron chi connectivity index (χ4n) is 2.82. The van der Waals surface area contributed by atoms with E-state index in [0.717, 1.165) is 24.5 Å². The number of carbonyl (C=O) groups is 1. The average molecular weight is 276 g/mol. The number of hydrogen-bond donors (Lipinski definition) is 1. The summed E-state index contributed by atoms with van der Waals surface area (Å²) in [6, 6.07) is 0. The number of hydrogen-bond acceptors (Lipinski definition) is 2. The van der Waals surface area contributed by atoms with Crippen LogP contribution in [0.25, 0.3) is 0 Å². The Morgan fingerprint density at radius 1 is 1.35 bits per heavy atom. The van der Waals surface area contributed by atoms with Gasteiger partial charge in [0.15, 0.2) is 0 Å². The third-order valence-electron chi connectivity index (χ3n) is 4.14. The van der Waals surface area contributed by atoms with E-state index in [-0.39, 0.29) is 17.2 Å². The first-order valence-corrected chi connectivity index (χ1v) is 8.36. The molecule has 0 aromatic heterocycles. The highest BCUT2D eigenvalue weighted by molar-refractivity contribution is 7.99. The lowest BCUT2D eigenvalue weighted by molar-refractivity contribution is -0.124. The summed E-state index contributed by atoms with van der Waals surface area (Å²) in [4.78, 5) is 12.0. The van der Waals surface area contributed by atoms with Crippen molar-refractivity contribution >= 4 is 29.3 Å². The molecular formula is C13H22ClNOS. The van der Waals surface area contributed by atoms with E-state index < -0.39 is 0 Å². The molecule has 1 saturated carbocycles. The van der Waals surface area contributed by atoms with Gasteiger partial charge in [-0.15, -0.1) is 11.6 Å². The second-order valence-electron chi connectivity index (χ2n) is 5.47. The van der Waals surface area contributed by atoms with Gasteiger partial charge in [-0.2, -0.15) is 11.8 Å². The fraction of sp³-hybridized carbons (Fsp3) is 0.923. The lowest BCUT2D eigenvalue weighted by atomic mass is 9.75. The molecule has 1 aliphatic heterocycles. The third-order valence-corrected chi connectivity index (χ3v) is 5.87. The lowest BCUT2D eigenvalue weighted by Crippen LogP contribution is -2.42. The van der Waals surface area contributed by atoms with E-state index >= 15 is 0 Å². The minimum atomic E-state index is 0.182. The van der Waals surface area contributed by atoms with Crippen LogP contribution in [0.3, 0.4) is 0 Å². The quantitative estimate of drug-likeness (QED) is 0.799. The molecule has 2 aliphatic rings. The summed E-state index contributed by atoms with van der Waals surface area (Å²) in [6.45, 7) is 0.788. The SMILES string of the molecule is O=C(NCC1(CCl)CCCCC1)C1CCSC1. The van der Waals surface area contributed by atoms with Gasteiger partial charge in [0, 0.05) is 29.5 Å². The van der Waals surface area contributed by atoms with E-state index in [1.165, 1.54) is 32.1 Å². The second-order valence-corrected chi connectivity index (χ2v) is 6.89. The molecule has 1 aliphatic carbocycles. The van der Waals surface area contributed by atoms with Gasteiger partial charge in [-0.05, 0) is 25.0 Å². The highest BCUT2D eigenvalue weighted by atomic mass is 35.5. The molecule has 1 atom stereocenters. The van der Waals surface area contributed by atoms with Crippen LogP contribution in [0.5, 0.6) is 0 Å². The first-order valence-electron chi connectivity index (χ1n) is 6.67. The van der Waals surface area contributed by atoms with Crippen molar-refractivity contribution in [2.75, 3.05) is 23.9 Å². The van der Waals surface area contributed by atoms with Crippen LogP contribution in [0.15, 0.2) is 0 Å². The molecule has 98 valence electrons. The minimum Gasteiger partial charge on any atom is -0.355 e. The van der Waals surface area contributed by atoms with Crippen molar-refractivity contribution in [1.82, 2.24) is 5.32 Å². The molecule has 1 N–H and O–H groups in total. The number of amides is 1. The van der Waals surface area contributed by atoms with E-state index in [2.05, 4.69) is 5.32 Å². The molecule has 17 heavy (non-hydrogen) atoms. The highest BCUT2D eigenvalue weighted by Gasteiger charge is 2.32. The molecule has 1 amide bonds. The molecule has 1 saturated heterocycles. The minimum absolute atomic E-state index is 0.182. The Bertz CT molecular complexity index is 260. The largest absolute Gasteiger partial charge is 0.355 e. The van der Waals surface area contributed by atoms with Crippen molar-refractivity contribution in [1.29, 1.82) is 0 Å². The van der Waals surface area contributed by atoms with Crippen LogP contribution in [0, 0.1) is 11.3 Å². The number of rotatable bonds is 4. The molecule has 0 bridgehead atoms. The average Bonchev–Trinajstić information content (AvgIpc) is 2.91. The Balaban J connectivity index is 1.80. The molecule has 0 spiro atoms. The van der Waals surface area contributed by atoms with E-state index in [0.29, 0.717) is 5.88 Å². The smallest absolute Gasteiger partial charge is 0.223 e. The summed E-state index contributed by atoms with van der Waals surface area (Å²) in [6.07, 6.45) is 7.26. The maximum absolute atomic E-state index is 12.0. The van der Waals surface area contributed by atoms with E-state index in [4.69, 9.17) is 11.6 Å². The number of alkyl halides is 1. The third kappa shape index (κ3) is 3.54. The molecule has 1 heterocycles. The van der Waals surface area contributed by atoms with Crippen LogP contribution in [-0.4, -0.2) is 29.8 Å².